The number of aryl methyl sites for hydroxylation is 1. The van der Waals surface area contributed by atoms with Gasteiger partial charge in [-0.2, -0.15) is 0 Å². The minimum absolute atomic E-state index is 0. The lowest BCUT2D eigenvalue weighted by molar-refractivity contribution is 0.0946. The highest BCUT2D eigenvalue weighted by Gasteiger charge is 2.20. The third-order valence-corrected chi connectivity index (χ3v) is 4.52. The number of benzene rings is 1. The predicted molar refractivity (Wildman–Crippen MR) is 95.5 cm³/mol. The van der Waals surface area contributed by atoms with Crippen molar-refractivity contribution < 1.29 is 9.21 Å². The molecule has 1 aromatic carbocycles. The van der Waals surface area contributed by atoms with Gasteiger partial charge in [0.2, 0.25) is 0 Å². The number of hydrogen-bond donors (Lipinski definition) is 2. The summed E-state index contributed by atoms with van der Waals surface area (Å²) >= 11 is 3.39. The minimum atomic E-state index is -0.593. The Morgan fingerprint density at radius 2 is 2.26 bits per heavy atom. The zero-order chi connectivity index (χ0) is 15.7. The van der Waals surface area contributed by atoms with Crippen molar-refractivity contribution in [3.05, 3.63) is 44.2 Å². The molecule has 0 saturated carbocycles. The van der Waals surface area contributed by atoms with Crippen molar-refractivity contribution >= 4 is 45.2 Å². The van der Waals surface area contributed by atoms with E-state index in [4.69, 9.17) is 4.42 Å². The van der Waals surface area contributed by atoms with Gasteiger partial charge in [0.25, 0.3) is 5.91 Å². The minimum Gasteiger partial charge on any atom is -0.422 e. The summed E-state index contributed by atoms with van der Waals surface area (Å²) in [5.41, 5.74) is 0.622. The van der Waals surface area contributed by atoms with Gasteiger partial charge in [0.05, 0.1) is 0 Å². The van der Waals surface area contributed by atoms with Crippen LogP contribution in [0.4, 0.5) is 0 Å². The average Bonchev–Trinajstić information content (AvgIpc) is 2.99. The van der Waals surface area contributed by atoms with Crippen molar-refractivity contribution in [2.45, 2.75) is 25.8 Å². The van der Waals surface area contributed by atoms with Crippen LogP contribution in [0.1, 0.15) is 28.8 Å². The molecule has 2 heterocycles. The lowest BCUT2D eigenvalue weighted by Gasteiger charge is -2.12. The van der Waals surface area contributed by atoms with Crippen LogP contribution in [-0.2, 0) is 0 Å². The first-order valence-electron chi connectivity index (χ1n) is 7.31. The average molecular weight is 402 g/mol. The third kappa shape index (κ3) is 3.76. The largest absolute Gasteiger partial charge is 0.422 e. The van der Waals surface area contributed by atoms with Gasteiger partial charge in [0, 0.05) is 22.4 Å². The Morgan fingerprint density at radius 1 is 1.48 bits per heavy atom. The predicted octanol–water partition coefficient (Wildman–Crippen LogP) is 2.77. The fraction of sp³-hybridized carbons (Fsp3) is 0.375. The van der Waals surface area contributed by atoms with Crippen LogP contribution in [0, 0.1) is 6.92 Å². The maximum Gasteiger partial charge on any atom is 0.349 e. The van der Waals surface area contributed by atoms with E-state index in [1.165, 1.54) is 0 Å². The van der Waals surface area contributed by atoms with Crippen LogP contribution in [0.15, 0.2) is 31.9 Å². The number of fused-ring (bicyclic) bond motifs is 1. The van der Waals surface area contributed by atoms with Crippen molar-refractivity contribution in [2.75, 3.05) is 13.1 Å². The summed E-state index contributed by atoms with van der Waals surface area (Å²) in [6.07, 6.45) is 2.16. The van der Waals surface area contributed by atoms with Crippen LogP contribution in [-0.4, -0.2) is 25.0 Å². The van der Waals surface area contributed by atoms with Crippen molar-refractivity contribution in [3.63, 3.8) is 0 Å². The second kappa shape index (κ2) is 7.47. The standard InChI is InChI=1S/C16H17BrN2O3.ClH/c1-9-12-7-10(17)4-5-13(12)22-16(21)14(9)15(20)19-8-11-3-2-6-18-11;/h4-5,7,11,18H,2-3,6,8H2,1H3,(H,19,20);1H. The molecule has 124 valence electrons. The van der Waals surface area contributed by atoms with Gasteiger partial charge in [-0.25, -0.2) is 4.79 Å². The van der Waals surface area contributed by atoms with Crippen LogP contribution < -0.4 is 16.3 Å². The Kier molecular flexibility index (Phi) is 5.84. The number of hydrogen-bond acceptors (Lipinski definition) is 4. The van der Waals surface area contributed by atoms with Gasteiger partial charge in [-0.1, -0.05) is 15.9 Å². The molecule has 23 heavy (non-hydrogen) atoms. The quantitative estimate of drug-likeness (QED) is 0.776. The zero-order valence-corrected chi connectivity index (χ0v) is 15.1. The maximum atomic E-state index is 12.4. The van der Waals surface area contributed by atoms with Crippen molar-refractivity contribution in [1.82, 2.24) is 10.6 Å². The zero-order valence-electron chi connectivity index (χ0n) is 12.6. The van der Waals surface area contributed by atoms with Crippen LogP contribution in [0.3, 0.4) is 0 Å². The molecule has 1 aromatic heterocycles. The molecule has 3 rings (SSSR count). The van der Waals surface area contributed by atoms with Crippen molar-refractivity contribution in [3.8, 4) is 0 Å². The Morgan fingerprint density at radius 3 is 2.96 bits per heavy atom. The molecule has 0 aliphatic carbocycles. The van der Waals surface area contributed by atoms with E-state index in [9.17, 15) is 9.59 Å². The van der Waals surface area contributed by atoms with Gasteiger partial charge < -0.3 is 15.1 Å². The number of carbonyl (C=O) groups excluding carboxylic acids is 1. The molecule has 0 bridgehead atoms. The SMILES string of the molecule is Cc1c(C(=O)NCC2CCCN2)c(=O)oc2ccc(Br)cc12.Cl. The normalized spacial score (nSPS) is 17.0. The molecule has 1 unspecified atom stereocenters. The first-order chi connectivity index (χ1) is 10.6. The van der Waals surface area contributed by atoms with Gasteiger partial charge in [-0.3, -0.25) is 4.79 Å². The number of rotatable bonds is 3. The highest BCUT2D eigenvalue weighted by atomic mass is 79.9. The van der Waals surface area contributed by atoms with Gasteiger partial charge in [-0.15, -0.1) is 12.4 Å². The molecule has 1 aliphatic heterocycles. The van der Waals surface area contributed by atoms with Crippen molar-refractivity contribution in [2.24, 2.45) is 0 Å². The third-order valence-electron chi connectivity index (χ3n) is 4.03. The molecular formula is C16H18BrClN2O3. The molecule has 1 saturated heterocycles. The molecule has 1 fully saturated rings. The molecule has 0 spiro atoms. The monoisotopic (exact) mass is 400 g/mol. The summed E-state index contributed by atoms with van der Waals surface area (Å²) in [4.78, 5) is 24.5. The second-order valence-corrected chi connectivity index (χ2v) is 6.45. The Hall–Kier alpha value is -1.37. The fourth-order valence-corrected chi connectivity index (χ4v) is 3.18. The number of nitrogens with one attached hydrogen (secondary N) is 2. The first kappa shape index (κ1) is 18.0. The lowest BCUT2D eigenvalue weighted by Crippen LogP contribution is -2.39. The van der Waals surface area contributed by atoms with E-state index in [-0.39, 0.29) is 29.9 Å². The first-order valence-corrected chi connectivity index (χ1v) is 8.10. The number of halogens is 2. The number of carbonyl (C=O) groups is 1. The van der Waals surface area contributed by atoms with Crippen LogP contribution >= 0.6 is 28.3 Å². The fourth-order valence-electron chi connectivity index (χ4n) is 2.82. The summed E-state index contributed by atoms with van der Waals surface area (Å²) in [6, 6.07) is 5.66. The smallest absolute Gasteiger partial charge is 0.349 e. The van der Waals surface area contributed by atoms with E-state index in [1.807, 2.05) is 6.07 Å². The maximum absolute atomic E-state index is 12.4. The van der Waals surface area contributed by atoms with Crippen LogP contribution in [0.25, 0.3) is 11.0 Å². The van der Waals surface area contributed by atoms with E-state index in [0.29, 0.717) is 17.7 Å². The van der Waals surface area contributed by atoms with Crippen molar-refractivity contribution in [1.29, 1.82) is 0 Å². The van der Waals surface area contributed by atoms with E-state index in [0.717, 1.165) is 29.2 Å². The van der Waals surface area contributed by atoms with Crippen LogP contribution in [0.2, 0.25) is 0 Å². The van der Waals surface area contributed by atoms with E-state index < -0.39 is 5.63 Å². The topological polar surface area (TPSA) is 71.3 Å². The summed E-state index contributed by atoms with van der Waals surface area (Å²) in [5, 5.41) is 6.90. The summed E-state index contributed by atoms with van der Waals surface area (Å²) in [7, 11) is 0. The highest BCUT2D eigenvalue weighted by Crippen LogP contribution is 2.23. The summed E-state index contributed by atoms with van der Waals surface area (Å²) in [5.74, 6) is -0.373. The molecule has 1 amide bonds. The molecular weight excluding hydrogens is 384 g/mol. The van der Waals surface area contributed by atoms with Crippen LogP contribution in [0.5, 0.6) is 0 Å². The highest BCUT2D eigenvalue weighted by molar-refractivity contribution is 9.10. The molecule has 1 atom stereocenters. The van der Waals surface area contributed by atoms with Gasteiger partial charge in [0.1, 0.15) is 11.1 Å². The van der Waals surface area contributed by atoms with Gasteiger partial charge in [-0.05, 0) is 50.1 Å². The molecule has 2 aromatic rings. The lowest BCUT2D eigenvalue weighted by atomic mass is 10.1. The Labute approximate surface area is 148 Å². The van der Waals surface area contributed by atoms with E-state index >= 15 is 0 Å². The summed E-state index contributed by atoms with van der Waals surface area (Å²) < 4.78 is 6.14. The van der Waals surface area contributed by atoms with Gasteiger partial charge in [0.15, 0.2) is 0 Å². The molecule has 0 radical (unpaired) electrons. The van der Waals surface area contributed by atoms with E-state index in [1.54, 1.807) is 19.1 Å². The molecule has 7 heteroatoms. The second-order valence-electron chi connectivity index (χ2n) is 5.53. The molecule has 2 N–H and O–H groups in total. The number of amides is 1. The summed E-state index contributed by atoms with van der Waals surface area (Å²) in [6.45, 7) is 3.27. The molecule has 1 aliphatic rings. The Balaban J connectivity index is 0.00000192. The molecule has 5 nitrogen and oxygen atoms in total. The Bertz CT molecular complexity index is 785. The van der Waals surface area contributed by atoms with Gasteiger partial charge >= 0.3 is 5.63 Å². The van der Waals surface area contributed by atoms with E-state index in [2.05, 4.69) is 26.6 Å².